The van der Waals surface area contributed by atoms with E-state index in [4.69, 9.17) is 0 Å². The first kappa shape index (κ1) is 53.0. The lowest BCUT2D eigenvalue weighted by molar-refractivity contribution is -0.128. The Kier molecular flexibility index (Phi) is 34.2. The summed E-state index contributed by atoms with van der Waals surface area (Å²) in [5.74, 6) is -0.611. The van der Waals surface area contributed by atoms with Gasteiger partial charge in [-0.2, -0.15) is 0 Å². The van der Waals surface area contributed by atoms with Crippen LogP contribution in [0.4, 0.5) is 0 Å². The van der Waals surface area contributed by atoms with E-state index in [2.05, 4.69) is 41.9 Å². The van der Waals surface area contributed by atoms with Crippen LogP contribution >= 0.6 is 0 Å². The summed E-state index contributed by atoms with van der Waals surface area (Å²) in [6, 6.07) is 13.3. The maximum absolute atomic E-state index is 13.3. The van der Waals surface area contributed by atoms with Crippen LogP contribution < -0.4 is 16.0 Å². The Bertz CT molecular complexity index is 1370. The predicted molar refractivity (Wildman–Crippen MR) is 259 cm³/mol. The maximum atomic E-state index is 13.3. The summed E-state index contributed by atoms with van der Waals surface area (Å²) in [5.41, 5.74) is 0.946. The quantitative estimate of drug-likeness (QED) is 0.0461. The second-order valence-electron chi connectivity index (χ2n) is 17.7. The predicted octanol–water partition coefficient (Wildman–Crippen LogP) is 14.9. The lowest BCUT2D eigenvalue weighted by Gasteiger charge is -2.18. The summed E-state index contributed by atoms with van der Waals surface area (Å²) < 4.78 is 0. The molecular formula is C54H91N3O3. The lowest BCUT2D eigenvalue weighted by atomic mass is 10.0. The highest BCUT2D eigenvalue weighted by atomic mass is 16.2. The van der Waals surface area contributed by atoms with Gasteiger partial charge >= 0.3 is 0 Å². The lowest BCUT2D eigenvalue weighted by Crippen LogP contribution is -2.47. The van der Waals surface area contributed by atoms with Crippen LogP contribution in [-0.4, -0.2) is 36.9 Å². The molecule has 2 aromatic rings. The third-order valence-electron chi connectivity index (χ3n) is 12.2. The third-order valence-corrected chi connectivity index (χ3v) is 12.2. The minimum Gasteiger partial charge on any atom is -0.356 e. The number of fused-ring (bicyclic) bond motifs is 1. The van der Waals surface area contributed by atoms with E-state index in [1.807, 2.05) is 30.3 Å². The van der Waals surface area contributed by atoms with Crippen molar-refractivity contribution in [3.05, 3.63) is 54.1 Å². The van der Waals surface area contributed by atoms with Crippen molar-refractivity contribution in [3.8, 4) is 0 Å². The average molecular weight is 830 g/mol. The van der Waals surface area contributed by atoms with Crippen LogP contribution in [0.3, 0.4) is 0 Å². The molecule has 3 amide bonds. The van der Waals surface area contributed by atoms with Gasteiger partial charge in [0.15, 0.2) is 0 Å². The summed E-state index contributed by atoms with van der Waals surface area (Å²) in [5, 5.41) is 11.2. The van der Waals surface area contributed by atoms with E-state index in [1.165, 1.54) is 186 Å². The molecule has 0 aromatic heterocycles. The number of hydrogen-bond donors (Lipinski definition) is 3. The smallest absolute Gasteiger partial charge is 0.244 e. The van der Waals surface area contributed by atoms with Crippen LogP contribution in [0.25, 0.3) is 16.8 Å². The fraction of sp³-hybridized carbons (Fsp3) is 0.722. The molecule has 1 atom stereocenters. The van der Waals surface area contributed by atoms with Crippen molar-refractivity contribution in [2.75, 3.05) is 13.1 Å². The molecule has 340 valence electrons. The van der Waals surface area contributed by atoms with E-state index in [1.54, 1.807) is 6.08 Å². The number of unbranched alkanes of at least 4 members (excludes halogenated alkanes) is 30. The molecule has 6 heteroatoms. The zero-order valence-corrected chi connectivity index (χ0v) is 39.0. The van der Waals surface area contributed by atoms with E-state index < -0.39 is 6.04 Å². The molecule has 0 saturated carbocycles. The molecule has 0 aliphatic heterocycles. The zero-order valence-electron chi connectivity index (χ0n) is 39.0. The first-order valence-corrected chi connectivity index (χ1v) is 25.6. The van der Waals surface area contributed by atoms with E-state index in [0.29, 0.717) is 13.1 Å². The molecule has 0 radical (unpaired) electrons. The largest absolute Gasteiger partial charge is 0.356 e. The molecule has 60 heavy (non-hydrogen) atoms. The first-order valence-electron chi connectivity index (χ1n) is 25.6. The Balaban J connectivity index is 1.63. The van der Waals surface area contributed by atoms with Crippen molar-refractivity contribution in [2.24, 2.45) is 0 Å². The molecule has 0 spiro atoms. The van der Waals surface area contributed by atoms with Crippen LogP contribution in [-0.2, 0) is 14.4 Å². The molecular weight excluding hydrogens is 739 g/mol. The highest BCUT2D eigenvalue weighted by Crippen LogP contribution is 2.20. The number of carbonyl (C=O) groups is 3. The number of hydrogen-bond acceptors (Lipinski definition) is 3. The van der Waals surface area contributed by atoms with Crippen molar-refractivity contribution >= 4 is 34.6 Å². The fourth-order valence-electron chi connectivity index (χ4n) is 8.32. The molecule has 0 heterocycles. The standard InChI is InChI=1S/C54H91N3O3/c1-3-5-7-9-11-13-15-17-19-21-23-25-27-29-31-35-46-55-52(58)45-43-51(57-53(59)44-42-49-40-37-39-48-38-33-34-41-50(48)49)54(60)56-47-36-32-30-28-26-24-22-20-18-16-14-12-10-8-6-4-2/h33-34,37-42,44,51H,3-32,35-36,43,45-47H2,1-2H3,(H,55,58)(H,56,60)(H,57,59)/b44-42+. The minimum atomic E-state index is -0.767. The van der Waals surface area contributed by atoms with Gasteiger partial charge in [0.1, 0.15) is 6.04 Å². The molecule has 0 saturated heterocycles. The van der Waals surface area contributed by atoms with Gasteiger partial charge in [-0.1, -0.05) is 249 Å². The van der Waals surface area contributed by atoms with Gasteiger partial charge in [0.2, 0.25) is 17.7 Å². The Hall–Kier alpha value is -3.15. The maximum Gasteiger partial charge on any atom is 0.244 e. The molecule has 2 aromatic carbocycles. The van der Waals surface area contributed by atoms with E-state index in [9.17, 15) is 14.4 Å². The summed E-state index contributed by atoms with van der Waals surface area (Å²) in [6.07, 6.45) is 45.9. The monoisotopic (exact) mass is 830 g/mol. The highest BCUT2D eigenvalue weighted by Gasteiger charge is 2.21. The third kappa shape index (κ3) is 29.2. The van der Waals surface area contributed by atoms with Crippen LogP contribution in [0.5, 0.6) is 0 Å². The Labute approximate surface area is 369 Å². The molecule has 1 unspecified atom stereocenters. The van der Waals surface area contributed by atoms with Gasteiger partial charge in [-0.3, -0.25) is 14.4 Å². The molecule has 2 rings (SSSR count). The number of carbonyl (C=O) groups excluding carboxylic acids is 3. The summed E-state index contributed by atoms with van der Waals surface area (Å²) in [4.78, 5) is 39.3. The molecule has 3 N–H and O–H groups in total. The van der Waals surface area contributed by atoms with E-state index in [-0.39, 0.29) is 30.6 Å². The number of amides is 3. The van der Waals surface area contributed by atoms with Crippen LogP contribution in [0.15, 0.2) is 48.5 Å². The van der Waals surface area contributed by atoms with Gasteiger partial charge in [-0.05, 0) is 41.7 Å². The first-order chi connectivity index (χ1) is 29.5. The van der Waals surface area contributed by atoms with Crippen molar-refractivity contribution in [2.45, 2.75) is 238 Å². The van der Waals surface area contributed by atoms with E-state index >= 15 is 0 Å². The SMILES string of the molecule is CCCCCCCCCCCCCCCCCCNC(=O)CCC(NC(=O)/C=C/c1cccc2ccccc12)C(=O)NCCCCCCCCCCCCCCCCCC. The van der Waals surface area contributed by atoms with Crippen molar-refractivity contribution in [1.29, 1.82) is 0 Å². The Morgan fingerprint density at radius 2 is 0.883 bits per heavy atom. The molecule has 0 bridgehead atoms. The number of benzene rings is 2. The molecule has 0 aliphatic carbocycles. The normalized spacial score (nSPS) is 12.0. The van der Waals surface area contributed by atoms with Crippen molar-refractivity contribution < 1.29 is 14.4 Å². The topological polar surface area (TPSA) is 87.3 Å². The van der Waals surface area contributed by atoms with Gasteiger partial charge < -0.3 is 16.0 Å². The Morgan fingerprint density at radius 1 is 0.483 bits per heavy atom. The number of rotatable bonds is 41. The van der Waals surface area contributed by atoms with Crippen molar-refractivity contribution in [1.82, 2.24) is 16.0 Å². The summed E-state index contributed by atoms with van der Waals surface area (Å²) in [7, 11) is 0. The summed E-state index contributed by atoms with van der Waals surface area (Å²) in [6.45, 7) is 5.80. The highest BCUT2D eigenvalue weighted by molar-refractivity contribution is 5.98. The molecule has 0 fully saturated rings. The number of nitrogens with one attached hydrogen (secondary N) is 3. The minimum absolute atomic E-state index is 0.0629. The van der Waals surface area contributed by atoms with Gasteiger partial charge in [0, 0.05) is 25.6 Å². The molecule has 6 nitrogen and oxygen atoms in total. The zero-order chi connectivity index (χ0) is 43.0. The fourth-order valence-corrected chi connectivity index (χ4v) is 8.32. The van der Waals surface area contributed by atoms with Gasteiger partial charge in [0.25, 0.3) is 0 Å². The van der Waals surface area contributed by atoms with Crippen molar-refractivity contribution in [3.63, 3.8) is 0 Å². The van der Waals surface area contributed by atoms with Crippen LogP contribution in [0, 0.1) is 0 Å². The summed E-state index contributed by atoms with van der Waals surface area (Å²) >= 11 is 0. The molecule has 0 aliphatic rings. The second-order valence-corrected chi connectivity index (χ2v) is 17.7. The van der Waals surface area contributed by atoms with Gasteiger partial charge in [-0.25, -0.2) is 0 Å². The second kappa shape index (κ2) is 38.7. The van der Waals surface area contributed by atoms with Crippen LogP contribution in [0.1, 0.15) is 238 Å². The Morgan fingerprint density at radius 3 is 1.35 bits per heavy atom. The van der Waals surface area contributed by atoms with Gasteiger partial charge in [0.05, 0.1) is 0 Å². The average Bonchev–Trinajstić information content (AvgIpc) is 3.26. The van der Waals surface area contributed by atoms with Crippen LogP contribution in [0.2, 0.25) is 0 Å². The van der Waals surface area contributed by atoms with Gasteiger partial charge in [-0.15, -0.1) is 0 Å². The van der Waals surface area contributed by atoms with E-state index in [0.717, 1.165) is 42.0 Å².